The highest BCUT2D eigenvalue weighted by Crippen LogP contribution is 2.16. The number of nitrogens with zero attached hydrogens (tertiary/aromatic N) is 3. The van der Waals surface area contributed by atoms with Crippen molar-refractivity contribution in [1.82, 2.24) is 9.97 Å². The summed E-state index contributed by atoms with van der Waals surface area (Å²) >= 11 is 0. The summed E-state index contributed by atoms with van der Waals surface area (Å²) < 4.78 is 5.34. The minimum Gasteiger partial charge on any atom is -0.381 e. The second-order valence-electron chi connectivity index (χ2n) is 4.56. The molecule has 0 atom stereocenters. The summed E-state index contributed by atoms with van der Waals surface area (Å²) in [6.07, 6.45) is 4.20. The lowest BCUT2D eigenvalue weighted by Gasteiger charge is -2.22. The van der Waals surface area contributed by atoms with Crippen LogP contribution in [0, 0.1) is 17.2 Å². The fraction of sp³-hybridized carbons (Fsp3) is 0.615. The van der Waals surface area contributed by atoms with Gasteiger partial charge in [-0.2, -0.15) is 5.26 Å². The van der Waals surface area contributed by atoms with Crippen molar-refractivity contribution in [1.29, 1.82) is 5.26 Å². The van der Waals surface area contributed by atoms with Gasteiger partial charge < -0.3 is 15.4 Å². The quantitative estimate of drug-likeness (QED) is 0.757. The zero-order valence-corrected chi connectivity index (χ0v) is 10.9. The van der Waals surface area contributed by atoms with Crippen LogP contribution in [0.25, 0.3) is 0 Å². The van der Waals surface area contributed by atoms with Crippen LogP contribution in [-0.2, 0) is 4.74 Å². The molecular weight excluding hydrogens is 242 g/mol. The third kappa shape index (κ3) is 4.72. The molecule has 1 saturated heterocycles. The summed E-state index contributed by atoms with van der Waals surface area (Å²) in [4.78, 5) is 8.31. The molecule has 0 radical (unpaired) electrons. The summed E-state index contributed by atoms with van der Waals surface area (Å²) in [5, 5.41) is 14.9. The van der Waals surface area contributed by atoms with Crippen molar-refractivity contribution in [3.8, 4) is 6.07 Å². The third-order valence-corrected chi connectivity index (χ3v) is 3.12. The summed E-state index contributed by atoms with van der Waals surface area (Å²) in [7, 11) is 0. The molecule has 1 aliphatic heterocycles. The minimum atomic E-state index is 0.467. The molecule has 6 nitrogen and oxygen atoms in total. The fourth-order valence-corrected chi connectivity index (χ4v) is 2.00. The Morgan fingerprint density at radius 2 is 2.00 bits per heavy atom. The zero-order valence-electron chi connectivity index (χ0n) is 10.9. The van der Waals surface area contributed by atoms with Crippen LogP contribution in [0.15, 0.2) is 12.4 Å². The maximum Gasteiger partial charge on any atom is 0.131 e. The van der Waals surface area contributed by atoms with Crippen molar-refractivity contribution in [3.63, 3.8) is 0 Å². The van der Waals surface area contributed by atoms with E-state index in [0.717, 1.165) is 44.2 Å². The van der Waals surface area contributed by atoms with E-state index in [-0.39, 0.29) is 0 Å². The van der Waals surface area contributed by atoms with Crippen LogP contribution in [0.4, 0.5) is 11.6 Å². The number of nitriles is 1. The molecular formula is C13H19N5O. The van der Waals surface area contributed by atoms with Crippen molar-refractivity contribution < 1.29 is 4.74 Å². The molecule has 1 aliphatic rings. The largest absolute Gasteiger partial charge is 0.381 e. The van der Waals surface area contributed by atoms with Gasteiger partial charge in [0.1, 0.15) is 18.0 Å². The average Bonchev–Trinajstić information content (AvgIpc) is 2.47. The van der Waals surface area contributed by atoms with Gasteiger partial charge in [0.25, 0.3) is 0 Å². The Bertz CT molecular complexity index is 425. The number of nitrogens with one attached hydrogen (secondary N) is 2. The van der Waals surface area contributed by atoms with Gasteiger partial charge >= 0.3 is 0 Å². The molecule has 1 aromatic rings. The van der Waals surface area contributed by atoms with Crippen molar-refractivity contribution >= 4 is 11.6 Å². The van der Waals surface area contributed by atoms with Crippen LogP contribution in [0.3, 0.4) is 0 Å². The lowest BCUT2D eigenvalue weighted by molar-refractivity contribution is 0.0699. The third-order valence-electron chi connectivity index (χ3n) is 3.12. The van der Waals surface area contributed by atoms with Crippen molar-refractivity contribution in [2.24, 2.45) is 5.92 Å². The molecule has 2 N–H and O–H groups in total. The van der Waals surface area contributed by atoms with Gasteiger partial charge in [0.2, 0.25) is 0 Å². The molecule has 0 amide bonds. The minimum absolute atomic E-state index is 0.467. The van der Waals surface area contributed by atoms with E-state index in [1.54, 1.807) is 0 Å². The molecule has 0 saturated carbocycles. The summed E-state index contributed by atoms with van der Waals surface area (Å²) in [6, 6.07) is 3.96. The highest BCUT2D eigenvalue weighted by Gasteiger charge is 2.13. The van der Waals surface area contributed by atoms with Crippen molar-refractivity contribution in [3.05, 3.63) is 12.4 Å². The van der Waals surface area contributed by atoms with Crippen molar-refractivity contribution in [2.75, 3.05) is 36.9 Å². The molecule has 0 aliphatic carbocycles. The van der Waals surface area contributed by atoms with E-state index in [9.17, 15) is 0 Å². The lowest BCUT2D eigenvalue weighted by atomic mass is 10.0. The predicted octanol–water partition coefficient (Wildman–Crippen LogP) is 1.64. The number of ether oxygens (including phenoxy) is 1. The highest BCUT2D eigenvalue weighted by molar-refractivity contribution is 5.46. The Balaban J connectivity index is 1.79. The van der Waals surface area contributed by atoms with Crippen LogP contribution in [0.1, 0.15) is 19.3 Å². The number of anilines is 2. The molecule has 0 bridgehead atoms. The van der Waals surface area contributed by atoms with Gasteiger partial charge in [-0.15, -0.1) is 0 Å². The van der Waals surface area contributed by atoms with Crippen LogP contribution < -0.4 is 10.6 Å². The predicted molar refractivity (Wildman–Crippen MR) is 72.8 cm³/mol. The van der Waals surface area contributed by atoms with E-state index >= 15 is 0 Å². The Morgan fingerprint density at radius 1 is 1.26 bits per heavy atom. The van der Waals surface area contributed by atoms with Gasteiger partial charge in [0.15, 0.2) is 0 Å². The summed E-state index contributed by atoms with van der Waals surface area (Å²) in [5.41, 5.74) is 0. The Morgan fingerprint density at radius 3 is 2.74 bits per heavy atom. The molecule has 19 heavy (non-hydrogen) atoms. The van der Waals surface area contributed by atoms with Crippen LogP contribution in [0.5, 0.6) is 0 Å². The van der Waals surface area contributed by atoms with Crippen LogP contribution in [-0.4, -0.2) is 36.3 Å². The number of rotatable bonds is 6. The van der Waals surface area contributed by atoms with Gasteiger partial charge in [0.05, 0.1) is 12.5 Å². The molecule has 1 fully saturated rings. The van der Waals surface area contributed by atoms with Gasteiger partial charge in [-0.05, 0) is 18.8 Å². The van der Waals surface area contributed by atoms with E-state index in [0.29, 0.717) is 18.9 Å². The van der Waals surface area contributed by atoms with Crippen molar-refractivity contribution in [2.45, 2.75) is 19.3 Å². The number of aromatic nitrogens is 2. The zero-order chi connectivity index (χ0) is 13.3. The lowest BCUT2D eigenvalue weighted by Crippen LogP contribution is -2.23. The van der Waals surface area contributed by atoms with E-state index < -0.39 is 0 Å². The molecule has 2 heterocycles. The SMILES string of the molecule is N#CCCNc1cc(NCC2CCOCC2)ncn1. The van der Waals surface area contributed by atoms with Crippen LogP contribution in [0.2, 0.25) is 0 Å². The van der Waals surface area contributed by atoms with Gasteiger partial charge in [-0.25, -0.2) is 9.97 Å². The van der Waals surface area contributed by atoms with Gasteiger partial charge in [-0.1, -0.05) is 0 Å². The van der Waals surface area contributed by atoms with Crippen LogP contribution >= 0.6 is 0 Å². The van der Waals surface area contributed by atoms with E-state index in [2.05, 4.69) is 26.7 Å². The highest BCUT2D eigenvalue weighted by atomic mass is 16.5. The average molecular weight is 261 g/mol. The maximum atomic E-state index is 8.48. The molecule has 6 heteroatoms. The number of hydrogen-bond acceptors (Lipinski definition) is 6. The monoisotopic (exact) mass is 261 g/mol. The molecule has 0 unspecified atom stereocenters. The van der Waals surface area contributed by atoms with E-state index in [1.165, 1.54) is 6.33 Å². The molecule has 102 valence electrons. The Labute approximate surface area is 113 Å². The summed E-state index contributed by atoms with van der Waals surface area (Å²) in [5.74, 6) is 2.22. The Hall–Kier alpha value is -1.87. The first-order chi connectivity index (χ1) is 9.38. The molecule has 0 spiro atoms. The first-order valence-corrected chi connectivity index (χ1v) is 6.63. The fourth-order valence-electron chi connectivity index (χ4n) is 2.00. The molecule has 0 aromatic carbocycles. The van der Waals surface area contributed by atoms with Gasteiger partial charge in [0, 0.05) is 32.4 Å². The first-order valence-electron chi connectivity index (χ1n) is 6.63. The Kier molecular flexibility index (Phi) is 5.38. The normalized spacial score (nSPS) is 15.7. The number of hydrogen-bond donors (Lipinski definition) is 2. The molecule has 1 aromatic heterocycles. The van der Waals surface area contributed by atoms with E-state index in [1.807, 2.05) is 6.07 Å². The van der Waals surface area contributed by atoms with E-state index in [4.69, 9.17) is 10.00 Å². The maximum absolute atomic E-state index is 8.48. The first kappa shape index (κ1) is 13.6. The van der Waals surface area contributed by atoms with Gasteiger partial charge in [-0.3, -0.25) is 0 Å². The standard InChI is InChI=1S/C13H19N5O/c14-4-1-5-15-12-8-13(18-10-17-12)16-9-11-2-6-19-7-3-11/h8,10-11H,1-3,5-7,9H2,(H2,15,16,17,18). The molecule has 2 rings (SSSR count). The second-order valence-corrected chi connectivity index (χ2v) is 4.56. The summed E-state index contributed by atoms with van der Waals surface area (Å²) in [6.45, 7) is 3.24. The second kappa shape index (κ2) is 7.54. The topological polar surface area (TPSA) is 82.9 Å². The smallest absolute Gasteiger partial charge is 0.131 e.